The molecule has 0 radical (unpaired) electrons. The number of ether oxygens (including phenoxy) is 1. The Balaban J connectivity index is 2.00. The molecule has 4 nitrogen and oxygen atoms in total. The number of rotatable bonds is 8. The fraction of sp³-hybridized carbons (Fsp3) is 0.400. The molecule has 1 heterocycles. The van der Waals surface area contributed by atoms with Crippen molar-refractivity contribution in [3.8, 4) is 11.1 Å². The fourth-order valence-corrected chi connectivity index (χ4v) is 3.87. The Morgan fingerprint density at radius 3 is 2.62 bits per heavy atom. The highest BCUT2D eigenvalue weighted by Crippen LogP contribution is 2.45. The van der Waals surface area contributed by atoms with Gasteiger partial charge >= 0.3 is 5.97 Å². The number of hydrogen-bond acceptors (Lipinski definition) is 4. The van der Waals surface area contributed by atoms with E-state index >= 15 is 0 Å². The van der Waals surface area contributed by atoms with E-state index in [1.165, 1.54) is 0 Å². The molecule has 0 saturated heterocycles. The zero-order chi connectivity index (χ0) is 20.8. The van der Waals surface area contributed by atoms with Crippen LogP contribution in [-0.2, 0) is 9.53 Å². The Bertz CT molecular complexity index is 944. The maximum atomic E-state index is 13.1. The van der Waals surface area contributed by atoms with Crippen LogP contribution in [-0.4, -0.2) is 30.8 Å². The Morgan fingerprint density at radius 1 is 1.17 bits per heavy atom. The van der Waals surface area contributed by atoms with Crippen molar-refractivity contribution in [1.29, 1.82) is 0 Å². The van der Waals surface area contributed by atoms with Gasteiger partial charge in [0, 0.05) is 36.3 Å². The summed E-state index contributed by atoms with van der Waals surface area (Å²) in [5, 5.41) is 0. The minimum Gasteiger partial charge on any atom is -0.462 e. The zero-order valence-corrected chi connectivity index (χ0v) is 17.9. The lowest BCUT2D eigenvalue weighted by atomic mass is 9.98. The molecule has 0 bridgehead atoms. The van der Waals surface area contributed by atoms with Crippen LogP contribution in [0.4, 0.5) is 0 Å². The van der Waals surface area contributed by atoms with Crippen LogP contribution in [0.3, 0.4) is 0 Å². The zero-order valence-electron chi connectivity index (χ0n) is 17.9. The highest BCUT2D eigenvalue weighted by atomic mass is 16.5. The summed E-state index contributed by atoms with van der Waals surface area (Å²) < 4.78 is 5.76. The molecule has 0 saturated carbocycles. The summed E-state index contributed by atoms with van der Waals surface area (Å²) in [7, 11) is 1.68. The third kappa shape index (κ3) is 4.47. The molecule has 2 aromatic rings. The van der Waals surface area contributed by atoms with Gasteiger partial charge in [0.25, 0.3) is 0 Å². The average Bonchev–Trinajstić information content (AvgIpc) is 3.05. The van der Waals surface area contributed by atoms with Crippen molar-refractivity contribution in [2.45, 2.75) is 46.5 Å². The van der Waals surface area contributed by atoms with Crippen molar-refractivity contribution < 1.29 is 9.53 Å². The standard InChI is InChI=1S/C25H30N2O2/c1-5-7-10-18(6-2)16-29-25(28)23(14-26-4)24-20-12-9-8-11-19(20)21-13-17(3)27-15-22(21)24/h8-9,11-15,18H,5-7,10,16H2,1-4H3/b24-23-,26-14?. The molecule has 1 aliphatic rings. The third-order valence-electron chi connectivity index (χ3n) is 5.54. The van der Waals surface area contributed by atoms with Crippen LogP contribution in [0.2, 0.25) is 0 Å². The van der Waals surface area contributed by atoms with Gasteiger partial charge < -0.3 is 4.74 Å². The summed E-state index contributed by atoms with van der Waals surface area (Å²) in [5.74, 6) is 0.0833. The number of nitrogens with zero attached hydrogens (tertiary/aromatic N) is 2. The lowest BCUT2D eigenvalue weighted by Gasteiger charge is -2.16. The second-order valence-electron chi connectivity index (χ2n) is 7.61. The number of aliphatic imine (C=N–C) groups is 1. The molecule has 0 N–H and O–H groups in total. The third-order valence-corrected chi connectivity index (χ3v) is 5.54. The number of carbonyl (C=O) groups excluding carboxylic acids is 1. The largest absolute Gasteiger partial charge is 0.462 e. The van der Waals surface area contributed by atoms with Gasteiger partial charge in [0.1, 0.15) is 0 Å². The number of fused-ring (bicyclic) bond motifs is 3. The summed E-state index contributed by atoms with van der Waals surface area (Å²) in [6.07, 6.45) is 7.89. The fourth-order valence-electron chi connectivity index (χ4n) is 3.87. The molecule has 1 aromatic carbocycles. The first-order valence-electron chi connectivity index (χ1n) is 10.5. The number of aromatic nitrogens is 1. The SMILES string of the molecule is CCCCC(CC)COC(=O)/C(C=NC)=C1/c2ccccc2-c2cc(C)ncc21. The molecule has 1 aromatic heterocycles. The lowest BCUT2D eigenvalue weighted by molar-refractivity contribution is -0.139. The summed E-state index contributed by atoms with van der Waals surface area (Å²) in [5.41, 5.74) is 6.52. The van der Waals surface area contributed by atoms with Crippen LogP contribution in [0.5, 0.6) is 0 Å². The summed E-state index contributed by atoms with van der Waals surface area (Å²) >= 11 is 0. The van der Waals surface area contributed by atoms with Crippen LogP contribution in [0.1, 0.15) is 56.4 Å². The van der Waals surface area contributed by atoms with Gasteiger partial charge in [-0.1, -0.05) is 57.4 Å². The molecular formula is C25H30N2O2. The number of unbranched alkanes of at least 4 members (excludes halogenated alkanes) is 1. The van der Waals surface area contributed by atoms with Crippen molar-refractivity contribution >= 4 is 17.8 Å². The molecule has 1 atom stereocenters. The van der Waals surface area contributed by atoms with E-state index in [0.29, 0.717) is 18.1 Å². The van der Waals surface area contributed by atoms with Gasteiger partial charge in [-0.3, -0.25) is 9.98 Å². The molecule has 1 unspecified atom stereocenters. The molecule has 0 spiro atoms. The predicted molar refractivity (Wildman–Crippen MR) is 119 cm³/mol. The molecular weight excluding hydrogens is 360 g/mol. The second kappa shape index (κ2) is 9.64. The van der Waals surface area contributed by atoms with Crippen LogP contribution >= 0.6 is 0 Å². The Hall–Kier alpha value is -2.75. The molecule has 152 valence electrons. The minimum atomic E-state index is -0.316. The van der Waals surface area contributed by atoms with Crippen molar-refractivity contribution in [3.63, 3.8) is 0 Å². The van der Waals surface area contributed by atoms with E-state index in [2.05, 4.69) is 36.0 Å². The van der Waals surface area contributed by atoms with E-state index in [4.69, 9.17) is 4.74 Å². The maximum Gasteiger partial charge on any atom is 0.340 e. The lowest BCUT2D eigenvalue weighted by Crippen LogP contribution is -2.17. The molecule has 1 aliphatic carbocycles. The van der Waals surface area contributed by atoms with Crippen LogP contribution in [0.15, 0.2) is 47.1 Å². The van der Waals surface area contributed by atoms with Gasteiger partial charge in [0.2, 0.25) is 0 Å². The van der Waals surface area contributed by atoms with Crippen LogP contribution in [0, 0.1) is 12.8 Å². The normalized spacial score (nSPS) is 15.2. The predicted octanol–water partition coefficient (Wildman–Crippen LogP) is 5.63. The van der Waals surface area contributed by atoms with E-state index in [1.807, 2.05) is 31.3 Å². The molecule has 4 heteroatoms. The van der Waals surface area contributed by atoms with E-state index in [0.717, 1.165) is 59.2 Å². The van der Waals surface area contributed by atoms with Gasteiger partial charge in [-0.2, -0.15) is 0 Å². The van der Waals surface area contributed by atoms with Gasteiger partial charge in [-0.05, 0) is 42.0 Å². The number of aryl methyl sites for hydroxylation is 1. The molecule has 0 fully saturated rings. The maximum absolute atomic E-state index is 13.1. The molecule has 29 heavy (non-hydrogen) atoms. The van der Waals surface area contributed by atoms with Crippen LogP contribution in [0.25, 0.3) is 16.7 Å². The first kappa shape index (κ1) is 21.0. The van der Waals surface area contributed by atoms with Crippen molar-refractivity contribution in [3.05, 3.63) is 58.9 Å². The van der Waals surface area contributed by atoms with Crippen molar-refractivity contribution in [1.82, 2.24) is 4.98 Å². The van der Waals surface area contributed by atoms with E-state index in [9.17, 15) is 4.79 Å². The monoisotopic (exact) mass is 390 g/mol. The highest BCUT2D eigenvalue weighted by molar-refractivity contribution is 6.21. The molecule has 0 aliphatic heterocycles. The van der Waals surface area contributed by atoms with Gasteiger partial charge in [-0.25, -0.2) is 4.79 Å². The summed E-state index contributed by atoms with van der Waals surface area (Å²) in [4.78, 5) is 21.7. The van der Waals surface area contributed by atoms with E-state index < -0.39 is 0 Å². The number of carbonyl (C=O) groups is 1. The Morgan fingerprint density at radius 2 is 1.93 bits per heavy atom. The van der Waals surface area contributed by atoms with Crippen LogP contribution < -0.4 is 0 Å². The smallest absolute Gasteiger partial charge is 0.340 e. The van der Waals surface area contributed by atoms with Gasteiger partial charge in [0.05, 0.1) is 12.2 Å². The Kier molecular flexibility index (Phi) is 6.97. The summed E-state index contributed by atoms with van der Waals surface area (Å²) in [6.45, 7) is 6.76. The number of hydrogen-bond donors (Lipinski definition) is 0. The number of benzene rings is 1. The molecule has 0 amide bonds. The Labute approximate surface area is 173 Å². The van der Waals surface area contributed by atoms with Gasteiger partial charge in [-0.15, -0.1) is 0 Å². The van der Waals surface area contributed by atoms with Crippen molar-refractivity contribution in [2.75, 3.05) is 13.7 Å². The average molecular weight is 391 g/mol. The highest BCUT2D eigenvalue weighted by Gasteiger charge is 2.29. The number of esters is 1. The topological polar surface area (TPSA) is 51.5 Å². The quantitative estimate of drug-likeness (QED) is 0.284. The first-order valence-corrected chi connectivity index (χ1v) is 10.5. The minimum absolute atomic E-state index is 0.316. The van der Waals surface area contributed by atoms with E-state index in [-0.39, 0.29) is 5.97 Å². The second-order valence-corrected chi connectivity index (χ2v) is 7.61. The molecule has 3 rings (SSSR count). The number of pyridine rings is 1. The van der Waals surface area contributed by atoms with Gasteiger partial charge in [0.15, 0.2) is 0 Å². The van der Waals surface area contributed by atoms with E-state index in [1.54, 1.807) is 13.3 Å². The summed E-state index contributed by atoms with van der Waals surface area (Å²) in [6, 6.07) is 10.2. The first-order chi connectivity index (χ1) is 14.1. The van der Waals surface area contributed by atoms with Crippen molar-refractivity contribution in [2.24, 2.45) is 10.9 Å².